The fourth-order valence-electron chi connectivity index (χ4n) is 2.98. The smallest absolute Gasteiger partial charge is 0.183 e. The summed E-state index contributed by atoms with van der Waals surface area (Å²) in [5, 5.41) is 4.21. The molecule has 1 aromatic carbocycles. The minimum Gasteiger partial charge on any atom is -0.492 e. The first-order valence-electron chi connectivity index (χ1n) is 10.5. The Bertz CT molecular complexity index is 1180. The van der Waals surface area contributed by atoms with Crippen LogP contribution in [-0.2, 0) is 0 Å². The summed E-state index contributed by atoms with van der Waals surface area (Å²) in [6.07, 6.45) is 8.75. The van der Waals surface area contributed by atoms with Crippen molar-refractivity contribution in [1.29, 1.82) is 0 Å². The molecular formula is C23H23BrN6OS. The molecule has 9 heteroatoms. The minimum absolute atomic E-state index is 0.508. The summed E-state index contributed by atoms with van der Waals surface area (Å²) in [5.41, 5.74) is 3.07. The average Bonchev–Trinajstić information content (AvgIpc) is 3.31. The predicted octanol–water partition coefficient (Wildman–Crippen LogP) is 6.10. The Kier molecular flexibility index (Phi) is 7.39. The number of thiazole rings is 1. The van der Waals surface area contributed by atoms with Gasteiger partial charge in [-0.1, -0.05) is 37.3 Å². The molecule has 0 amide bonds. The van der Waals surface area contributed by atoms with E-state index in [4.69, 9.17) is 14.7 Å². The molecule has 0 aliphatic heterocycles. The van der Waals surface area contributed by atoms with Crippen LogP contribution < -0.4 is 10.1 Å². The number of nitrogens with zero attached hydrogens (tertiary/aromatic N) is 5. The molecule has 0 spiro atoms. The van der Waals surface area contributed by atoms with Crippen molar-refractivity contribution in [3.63, 3.8) is 0 Å². The van der Waals surface area contributed by atoms with Gasteiger partial charge in [0.2, 0.25) is 0 Å². The Morgan fingerprint density at radius 3 is 2.66 bits per heavy atom. The molecule has 164 valence electrons. The van der Waals surface area contributed by atoms with Crippen LogP contribution in [0.2, 0.25) is 0 Å². The van der Waals surface area contributed by atoms with E-state index in [9.17, 15) is 0 Å². The number of hydrogen-bond donors (Lipinski definition) is 1. The van der Waals surface area contributed by atoms with Crippen molar-refractivity contribution in [1.82, 2.24) is 24.9 Å². The molecular weight excluding hydrogens is 488 g/mol. The van der Waals surface area contributed by atoms with E-state index in [1.54, 1.807) is 29.9 Å². The number of rotatable bonds is 9. The van der Waals surface area contributed by atoms with Gasteiger partial charge in [-0.2, -0.15) is 0 Å². The van der Waals surface area contributed by atoms with Crippen LogP contribution >= 0.6 is 27.3 Å². The SMILES string of the molecule is CCCNc1ncc(-c2cc(-c3cccc(OCCC)c3Br)nc(-c3cnccn3)n2)s1. The third kappa shape index (κ3) is 5.11. The molecule has 7 nitrogen and oxygen atoms in total. The predicted molar refractivity (Wildman–Crippen MR) is 132 cm³/mol. The Morgan fingerprint density at radius 2 is 1.88 bits per heavy atom. The summed E-state index contributed by atoms with van der Waals surface area (Å²) in [4.78, 5) is 23.6. The van der Waals surface area contributed by atoms with Crippen LogP contribution in [0.5, 0.6) is 5.75 Å². The van der Waals surface area contributed by atoms with Gasteiger partial charge in [-0.15, -0.1) is 0 Å². The highest BCUT2D eigenvalue weighted by molar-refractivity contribution is 9.10. The second-order valence-electron chi connectivity index (χ2n) is 6.98. The highest BCUT2D eigenvalue weighted by Gasteiger charge is 2.16. The van der Waals surface area contributed by atoms with Gasteiger partial charge in [0, 0.05) is 30.7 Å². The number of benzene rings is 1. The van der Waals surface area contributed by atoms with Gasteiger partial charge in [0.15, 0.2) is 11.0 Å². The van der Waals surface area contributed by atoms with Crippen molar-refractivity contribution >= 4 is 32.4 Å². The van der Waals surface area contributed by atoms with Crippen LogP contribution in [0.3, 0.4) is 0 Å². The fraction of sp³-hybridized carbons (Fsp3) is 0.261. The lowest BCUT2D eigenvalue weighted by molar-refractivity contribution is 0.315. The molecule has 0 aliphatic rings. The first-order chi connectivity index (χ1) is 15.7. The van der Waals surface area contributed by atoms with Gasteiger partial charge in [-0.25, -0.2) is 19.9 Å². The molecule has 0 bridgehead atoms. The van der Waals surface area contributed by atoms with Crippen LogP contribution in [0, 0.1) is 0 Å². The van der Waals surface area contributed by atoms with Crippen LogP contribution in [0.1, 0.15) is 26.7 Å². The Morgan fingerprint density at radius 1 is 1.00 bits per heavy atom. The first kappa shape index (κ1) is 22.3. The second-order valence-corrected chi connectivity index (χ2v) is 8.80. The summed E-state index contributed by atoms with van der Waals surface area (Å²) >= 11 is 5.28. The summed E-state index contributed by atoms with van der Waals surface area (Å²) in [7, 11) is 0. The zero-order valence-corrected chi connectivity index (χ0v) is 20.3. The van der Waals surface area contributed by atoms with E-state index in [1.807, 2.05) is 30.5 Å². The van der Waals surface area contributed by atoms with Crippen LogP contribution in [0.25, 0.3) is 33.3 Å². The van der Waals surface area contributed by atoms with Gasteiger partial charge in [-0.3, -0.25) is 4.98 Å². The molecule has 0 fully saturated rings. The zero-order valence-electron chi connectivity index (χ0n) is 17.9. The lowest BCUT2D eigenvalue weighted by Gasteiger charge is -2.12. The first-order valence-corrected chi connectivity index (χ1v) is 12.1. The zero-order chi connectivity index (χ0) is 22.3. The van der Waals surface area contributed by atoms with Gasteiger partial charge < -0.3 is 10.1 Å². The van der Waals surface area contributed by atoms with Gasteiger partial charge in [0.05, 0.1) is 33.5 Å². The van der Waals surface area contributed by atoms with Crippen molar-refractivity contribution in [2.45, 2.75) is 26.7 Å². The van der Waals surface area contributed by atoms with E-state index in [-0.39, 0.29) is 0 Å². The number of hydrogen-bond acceptors (Lipinski definition) is 8. The molecule has 0 radical (unpaired) electrons. The van der Waals surface area contributed by atoms with E-state index >= 15 is 0 Å². The molecule has 0 aliphatic carbocycles. The van der Waals surface area contributed by atoms with Crippen molar-refractivity contribution in [3.05, 3.63) is 53.5 Å². The lowest BCUT2D eigenvalue weighted by Crippen LogP contribution is -1.99. The van der Waals surface area contributed by atoms with Gasteiger partial charge in [0.1, 0.15) is 11.4 Å². The minimum atomic E-state index is 0.508. The van der Waals surface area contributed by atoms with Crippen molar-refractivity contribution in [2.24, 2.45) is 0 Å². The van der Waals surface area contributed by atoms with Crippen molar-refractivity contribution < 1.29 is 4.74 Å². The summed E-state index contributed by atoms with van der Waals surface area (Å²) in [5.74, 6) is 1.29. The lowest BCUT2D eigenvalue weighted by atomic mass is 10.1. The number of nitrogens with one attached hydrogen (secondary N) is 1. The summed E-state index contributed by atoms with van der Waals surface area (Å²) < 4.78 is 6.75. The Labute approximate surface area is 199 Å². The maximum Gasteiger partial charge on any atom is 0.183 e. The molecule has 0 saturated heterocycles. The van der Waals surface area contributed by atoms with E-state index < -0.39 is 0 Å². The fourth-order valence-corrected chi connectivity index (χ4v) is 4.36. The monoisotopic (exact) mass is 510 g/mol. The molecule has 1 N–H and O–H groups in total. The number of halogens is 1. The molecule has 4 rings (SSSR count). The quantitative estimate of drug-likeness (QED) is 0.291. The average molecular weight is 511 g/mol. The summed E-state index contributed by atoms with van der Waals surface area (Å²) in [6.45, 7) is 5.74. The van der Waals surface area contributed by atoms with Gasteiger partial charge in [-0.05, 0) is 40.9 Å². The van der Waals surface area contributed by atoms with E-state index in [0.717, 1.165) is 56.6 Å². The van der Waals surface area contributed by atoms with E-state index in [2.05, 4.69) is 50.0 Å². The van der Waals surface area contributed by atoms with Gasteiger partial charge in [0.25, 0.3) is 0 Å². The molecule has 3 aromatic heterocycles. The van der Waals surface area contributed by atoms with Gasteiger partial charge >= 0.3 is 0 Å². The third-order valence-corrected chi connectivity index (χ3v) is 6.30. The molecule has 0 unspecified atom stereocenters. The van der Waals surface area contributed by atoms with E-state index in [0.29, 0.717) is 18.1 Å². The van der Waals surface area contributed by atoms with Crippen LogP contribution in [0.15, 0.2) is 53.5 Å². The van der Waals surface area contributed by atoms with Crippen molar-refractivity contribution in [3.8, 4) is 39.1 Å². The van der Waals surface area contributed by atoms with Crippen molar-refractivity contribution in [2.75, 3.05) is 18.5 Å². The maximum absolute atomic E-state index is 5.89. The van der Waals surface area contributed by atoms with E-state index in [1.165, 1.54) is 0 Å². The largest absolute Gasteiger partial charge is 0.492 e. The third-order valence-electron chi connectivity index (χ3n) is 4.50. The molecule has 0 atom stereocenters. The molecule has 4 aromatic rings. The molecule has 0 saturated carbocycles. The summed E-state index contributed by atoms with van der Waals surface area (Å²) in [6, 6.07) is 7.90. The van der Waals surface area contributed by atoms with Crippen LogP contribution in [0.4, 0.5) is 5.13 Å². The Balaban J connectivity index is 1.81. The maximum atomic E-state index is 5.89. The topological polar surface area (TPSA) is 85.7 Å². The number of ether oxygens (including phenoxy) is 1. The second kappa shape index (κ2) is 10.6. The Hall–Kier alpha value is -2.91. The highest BCUT2D eigenvalue weighted by atomic mass is 79.9. The number of aromatic nitrogens is 5. The molecule has 32 heavy (non-hydrogen) atoms. The highest BCUT2D eigenvalue weighted by Crippen LogP contribution is 2.37. The number of anilines is 1. The molecule has 3 heterocycles. The normalized spacial score (nSPS) is 10.8. The van der Waals surface area contributed by atoms with Crippen LogP contribution in [-0.4, -0.2) is 38.1 Å². The standard InChI is InChI=1S/C23H23BrN6OS/c1-3-8-27-23-28-14-20(32-23)17-12-16(29-22(30-17)18-13-25-9-10-26-18)15-6-5-7-19(21(15)24)31-11-4-2/h5-7,9-10,12-14H,3-4,8,11H2,1-2H3,(H,27,28).